The summed E-state index contributed by atoms with van der Waals surface area (Å²) in [5.74, 6) is -0.290. The fourth-order valence-corrected chi connectivity index (χ4v) is 3.45. The molecule has 1 fully saturated rings. The molecular formula is C21H22F6N4O2. The number of aromatic nitrogens is 1. The number of benzene rings is 1. The molecule has 1 aliphatic rings. The number of pyridine rings is 1. The molecule has 2 heterocycles. The molecule has 2 aromatic rings. The monoisotopic (exact) mass is 476 g/mol. The Balaban J connectivity index is 1.55. The molecule has 0 spiro atoms. The van der Waals surface area contributed by atoms with Crippen molar-refractivity contribution in [2.45, 2.75) is 31.9 Å². The average molecular weight is 476 g/mol. The van der Waals surface area contributed by atoms with Crippen LogP contribution in [0.15, 0.2) is 42.6 Å². The number of hydrogen-bond donors (Lipinski definition) is 1. The molecule has 1 aromatic carbocycles. The van der Waals surface area contributed by atoms with Crippen molar-refractivity contribution in [3.05, 3.63) is 48.2 Å². The maximum Gasteiger partial charge on any atom is 0.573 e. The second kappa shape index (κ2) is 9.86. The lowest BCUT2D eigenvalue weighted by atomic mass is 10.2. The number of nitrogens with zero attached hydrogens (tertiary/aromatic N) is 3. The Hall–Kier alpha value is -3.02. The number of hydrogen-bond acceptors (Lipinski definition) is 5. The smallest absolute Gasteiger partial charge is 0.406 e. The molecule has 33 heavy (non-hydrogen) atoms. The van der Waals surface area contributed by atoms with Gasteiger partial charge in [0.1, 0.15) is 11.6 Å². The highest BCUT2D eigenvalue weighted by Gasteiger charge is 2.32. The fourth-order valence-electron chi connectivity index (χ4n) is 3.45. The van der Waals surface area contributed by atoms with Crippen molar-refractivity contribution < 1.29 is 35.9 Å². The average Bonchev–Trinajstić information content (AvgIpc) is 2.99. The van der Waals surface area contributed by atoms with Crippen molar-refractivity contribution in [2.75, 3.05) is 36.4 Å². The van der Waals surface area contributed by atoms with E-state index in [-0.39, 0.29) is 5.91 Å². The lowest BCUT2D eigenvalue weighted by Crippen LogP contribution is -2.44. The van der Waals surface area contributed by atoms with E-state index < -0.39 is 29.9 Å². The zero-order chi connectivity index (χ0) is 24.2. The highest BCUT2D eigenvalue weighted by Crippen LogP contribution is 2.29. The summed E-state index contributed by atoms with van der Waals surface area (Å²) in [5, 5.41) is 2.66. The number of carbonyl (C=O) groups excluding carboxylic acids is 1. The zero-order valence-corrected chi connectivity index (χ0v) is 17.6. The molecule has 6 nitrogen and oxygen atoms in total. The third-order valence-corrected chi connectivity index (χ3v) is 5.21. The van der Waals surface area contributed by atoms with E-state index in [9.17, 15) is 31.1 Å². The number of anilines is 2. The first-order valence-corrected chi connectivity index (χ1v) is 10.1. The Labute approximate surface area is 186 Å². The molecule has 1 unspecified atom stereocenters. The van der Waals surface area contributed by atoms with Gasteiger partial charge in [-0.25, -0.2) is 4.98 Å². The first kappa shape index (κ1) is 24.6. The van der Waals surface area contributed by atoms with E-state index in [2.05, 4.69) is 15.0 Å². The molecular weight excluding hydrogens is 454 g/mol. The summed E-state index contributed by atoms with van der Waals surface area (Å²) in [6, 6.07) is 6.63. The maximum atomic E-state index is 12.7. The van der Waals surface area contributed by atoms with E-state index in [0.29, 0.717) is 44.1 Å². The summed E-state index contributed by atoms with van der Waals surface area (Å²) in [6.07, 6.45) is -7.77. The third kappa shape index (κ3) is 6.98. The highest BCUT2D eigenvalue weighted by atomic mass is 19.4. The molecule has 3 rings (SSSR count). The van der Waals surface area contributed by atoms with Crippen LogP contribution in [0.2, 0.25) is 0 Å². The first-order valence-electron chi connectivity index (χ1n) is 10.1. The van der Waals surface area contributed by atoms with Crippen molar-refractivity contribution >= 4 is 17.4 Å². The fraction of sp³-hybridized carbons (Fsp3) is 0.429. The van der Waals surface area contributed by atoms with Gasteiger partial charge in [-0.2, -0.15) is 13.2 Å². The number of nitrogens with one attached hydrogen (secondary N) is 1. The number of carbonyl (C=O) groups is 1. The predicted molar refractivity (Wildman–Crippen MR) is 109 cm³/mol. The minimum absolute atomic E-state index is 0.326. The van der Waals surface area contributed by atoms with Crippen LogP contribution in [-0.4, -0.2) is 54.4 Å². The number of ether oxygens (including phenoxy) is 1. The predicted octanol–water partition coefficient (Wildman–Crippen LogP) is 4.54. The summed E-state index contributed by atoms with van der Waals surface area (Å²) >= 11 is 0. The molecule has 180 valence electrons. The van der Waals surface area contributed by atoms with E-state index in [1.165, 1.54) is 18.2 Å². The second-order valence-corrected chi connectivity index (χ2v) is 7.52. The standard InChI is InChI=1S/C21H22F6N4O2/c1-14(19(32)29-16-4-6-17(7-5-16)33-21(25,26)27)30-9-2-10-31(12-11-30)18-8-3-15(13-28-18)20(22,23)24/h3-8,13-14H,2,9-12H2,1H3,(H,29,32). The molecule has 0 bridgehead atoms. The highest BCUT2D eigenvalue weighted by molar-refractivity contribution is 5.94. The van der Waals surface area contributed by atoms with Gasteiger partial charge in [0, 0.05) is 38.1 Å². The van der Waals surface area contributed by atoms with Crippen LogP contribution in [0.4, 0.5) is 37.8 Å². The molecule has 1 amide bonds. The van der Waals surface area contributed by atoms with Gasteiger partial charge in [-0.1, -0.05) is 0 Å². The van der Waals surface area contributed by atoms with Crippen molar-refractivity contribution in [2.24, 2.45) is 0 Å². The lowest BCUT2D eigenvalue weighted by molar-refractivity contribution is -0.274. The number of alkyl halides is 6. The molecule has 1 aliphatic heterocycles. The van der Waals surface area contributed by atoms with Gasteiger partial charge < -0.3 is 15.0 Å². The van der Waals surface area contributed by atoms with Gasteiger partial charge >= 0.3 is 12.5 Å². The van der Waals surface area contributed by atoms with E-state index in [1.54, 1.807) is 6.92 Å². The van der Waals surface area contributed by atoms with Crippen LogP contribution < -0.4 is 15.0 Å². The first-order chi connectivity index (χ1) is 15.4. The van der Waals surface area contributed by atoms with Crippen LogP contribution in [0.3, 0.4) is 0 Å². The number of rotatable bonds is 5. The second-order valence-electron chi connectivity index (χ2n) is 7.52. The molecule has 1 N–H and O–H groups in total. The van der Waals surface area contributed by atoms with Gasteiger partial charge in [-0.15, -0.1) is 13.2 Å². The molecule has 0 aliphatic carbocycles. The lowest BCUT2D eigenvalue weighted by Gasteiger charge is -2.27. The van der Waals surface area contributed by atoms with Gasteiger partial charge in [-0.3, -0.25) is 9.69 Å². The van der Waals surface area contributed by atoms with Crippen molar-refractivity contribution in [1.82, 2.24) is 9.88 Å². The molecule has 1 saturated heterocycles. The van der Waals surface area contributed by atoms with Gasteiger partial charge in [0.15, 0.2) is 0 Å². The molecule has 0 radical (unpaired) electrons. The Kier molecular flexibility index (Phi) is 7.35. The summed E-state index contributed by atoms with van der Waals surface area (Å²) < 4.78 is 78.7. The number of halogens is 6. The summed E-state index contributed by atoms with van der Waals surface area (Å²) in [6.45, 7) is 3.82. The topological polar surface area (TPSA) is 57.7 Å². The van der Waals surface area contributed by atoms with E-state index in [0.717, 1.165) is 24.4 Å². The van der Waals surface area contributed by atoms with Gasteiger partial charge in [0.05, 0.1) is 11.6 Å². The number of amides is 1. The van der Waals surface area contributed by atoms with Crippen molar-refractivity contribution in [3.8, 4) is 5.75 Å². The van der Waals surface area contributed by atoms with Crippen LogP contribution in [0.5, 0.6) is 5.75 Å². The Bertz CT molecular complexity index is 932. The van der Waals surface area contributed by atoms with Crippen LogP contribution in [0, 0.1) is 0 Å². The van der Waals surface area contributed by atoms with E-state index in [4.69, 9.17) is 0 Å². The van der Waals surface area contributed by atoms with Crippen molar-refractivity contribution in [3.63, 3.8) is 0 Å². The Morgan fingerprint density at radius 2 is 1.70 bits per heavy atom. The van der Waals surface area contributed by atoms with Crippen LogP contribution in [0.1, 0.15) is 18.9 Å². The van der Waals surface area contributed by atoms with Crippen LogP contribution >= 0.6 is 0 Å². The third-order valence-electron chi connectivity index (χ3n) is 5.21. The SMILES string of the molecule is CC(C(=O)Nc1ccc(OC(F)(F)F)cc1)N1CCCN(c2ccc(C(F)(F)F)cn2)CC1. The normalized spacial score (nSPS) is 16.8. The summed E-state index contributed by atoms with van der Waals surface area (Å²) in [5.41, 5.74) is -0.488. The molecule has 1 aromatic heterocycles. The van der Waals surface area contributed by atoms with Crippen molar-refractivity contribution in [1.29, 1.82) is 0 Å². The van der Waals surface area contributed by atoms with Crippen LogP contribution in [-0.2, 0) is 11.0 Å². The zero-order valence-electron chi connectivity index (χ0n) is 17.6. The largest absolute Gasteiger partial charge is 0.573 e. The maximum absolute atomic E-state index is 12.7. The van der Waals surface area contributed by atoms with Gasteiger partial charge in [0.2, 0.25) is 5.91 Å². The molecule has 12 heteroatoms. The Morgan fingerprint density at radius 1 is 1.00 bits per heavy atom. The van der Waals surface area contributed by atoms with Crippen LogP contribution in [0.25, 0.3) is 0 Å². The summed E-state index contributed by atoms with van der Waals surface area (Å²) in [7, 11) is 0. The summed E-state index contributed by atoms with van der Waals surface area (Å²) in [4.78, 5) is 20.3. The quantitative estimate of drug-likeness (QED) is 0.643. The minimum Gasteiger partial charge on any atom is -0.406 e. The molecule has 0 saturated carbocycles. The van der Waals surface area contributed by atoms with E-state index in [1.807, 2.05) is 9.80 Å². The van der Waals surface area contributed by atoms with Gasteiger partial charge in [-0.05, 0) is 49.7 Å². The minimum atomic E-state index is -4.80. The molecule has 1 atom stereocenters. The Morgan fingerprint density at radius 3 is 2.27 bits per heavy atom. The van der Waals surface area contributed by atoms with E-state index >= 15 is 0 Å². The van der Waals surface area contributed by atoms with Gasteiger partial charge in [0.25, 0.3) is 0 Å².